The zero-order valence-electron chi connectivity index (χ0n) is 9.80. The summed E-state index contributed by atoms with van der Waals surface area (Å²) in [5, 5.41) is 6.91. The lowest BCUT2D eigenvalue weighted by molar-refractivity contribution is -0.115. The van der Waals surface area contributed by atoms with Crippen LogP contribution >= 0.6 is 0 Å². The molecule has 0 aliphatic carbocycles. The number of anilines is 1. The molecule has 90 valence electrons. The van der Waals surface area contributed by atoms with E-state index in [1.807, 2.05) is 37.3 Å². The molecule has 5 nitrogen and oxygen atoms in total. The predicted octanol–water partition coefficient (Wildman–Crippen LogP) is 1.84. The standard InChI is InChI=1S/C13H11N3O2/c1-8-12(9-5-3-2-4-6-9)13-14-10(17)7-11(18)16(13)15-8/h2-6H,7H2,1H3,(H,14,17). The smallest absolute Gasteiger partial charge is 0.258 e. The molecule has 0 saturated carbocycles. The molecule has 1 aromatic carbocycles. The van der Waals surface area contributed by atoms with Crippen LogP contribution in [0.2, 0.25) is 0 Å². The number of aryl methyl sites for hydroxylation is 1. The molecule has 0 bridgehead atoms. The predicted molar refractivity (Wildman–Crippen MR) is 66.3 cm³/mol. The summed E-state index contributed by atoms with van der Waals surface area (Å²) in [5.41, 5.74) is 2.47. The van der Waals surface area contributed by atoms with E-state index in [2.05, 4.69) is 10.4 Å². The summed E-state index contributed by atoms with van der Waals surface area (Å²) in [7, 11) is 0. The highest BCUT2D eigenvalue weighted by Crippen LogP contribution is 2.32. The molecule has 0 radical (unpaired) electrons. The van der Waals surface area contributed by atoms with Gasteiger partial charge in [0.15, 0.2) is 0 Å². The fourth-order valence-electron chi connectivity index (χ4n) is 2.16. The fourth-order valence-corrected chi connectivity index (χ4v) is 2.16. The lowest BCUT2D eigenvalue weighted by Crippen LogP contribution is -2.29. The molecule has 1 aliphatic heterocycles. The second-order valence-corrected chi connectivity index (χ2v) is 4.21. The lowest BCUT2D eigenvalue weighted by Gasteiger charge is -2.14. The quantitative estimate of drug-likeness (QED) is 0.775. The van der Waals surface area contributed by atoms with Crippen LogP contribution < -0.4 is 5.32 Å². The van der Waals surface area contributed by atoms with Gasteiger partial charge in [0.25, 0.3) is 5.91 Å². The summed E-state index contributed by atoms with van der Waals surface area (Å²) < 4.78 is 1.28. The molecule has 3 rings (SSSR count). The molecule has 0 spiro atoms. The average molecular weight is 241 g/mol. The van der Waals surface area contributed by atoms with Gasteiger partial charge in [-0.1, -0.05) is 30.3 Å². The Hall–Kier alpha value is -2.43. The maximum atomic E-state index is 11.7. The highest BCUT2D eigenvalue weighted by Gasteiger charge is 2.28. The van der Waals surface area contributed by atoms with Gasteiger partial charge in [-0.05, 0) is 12.5 Å². The van der Waals surface area contributed by atoms with E-state index < -0.39 is 0 Å². The minimum atomic E-state index is -0.293. The van der Waals surface area contributed by atoms with Crippen molar-refractivity contribution in [3.05, 3.63) is 36.0 Å². The number of carbonyl (C=O) groups excluding carboxylic acids is 2. The van der Waals surface area contributed by atoms with Gasteiger partial charge >= 0.3 is 0 Å². The van der Waals surface area contributed by atoms with Crippen LogP contribution in [0.15, 0.2) is 30.3 Å². The van der Waals surface area contributed by atoms with Gasteiger partial charge in [-0.2, -0.15) is 9.78 Å². The number of benzene rings is 1. The second kappa shape index (κ2) is 3.80. The van der Waals surface area contributed by atoms with Gasteiger partial charge in [0, 0.05) is 5.56 Å². The molecule has 0 fully saturated rings. The molecule has 1 aromatic heterocycles. The minimum Gasteiger partial charge on any atom is -0.310 e. The van der Waals surface area contributed by atoms with Gasteiger partial charge < -0.3 is 5.32 Å². The Morgan fingerprint density at radius 3 is 2.67 bits per heavy atom. The third-order valence-electron chi connectivity index (χ3n) is 2.93. The topological polar surface area (TPSA) is 64.0 Å². The Morgan fingerprint density at radius 1 is 1.22 bits per heavy atom. The molecular weight excluding hydrogens is 230 g/mol. The zero-order valence-corrected chi connectivity index (χ0v) is 9.80. The van der Waals surface area contributed by atoms with Crippen molar-refractivity contribution < 1.29 is 9.59 Å². The molecular formula is C13H11N3O2. The number of fused-ring (bicyclic) bond motifs is 1. The summed E-state index contributed by atoms with van der Waals surface area (Å²) in [4.78, 5) is 23.2. The van der Waals surface area contributed by atoms with E-state index in [9.17, 15) is 9.59 Å². The van der Waals surface area contributed by atoms with Crippen molar-refractivity contribution in [1.29, 1.82) is 0 Å². The zero-order chi connectivity index (χ0) is 12.7. The summed E-state index contributed by atoms with van der Waals surface area (Å²) >= 11 is 0. The highest BCUT2D eigenvalue weighted by atomic mass is 16.2. The monoisotopic (exact) mass is 241 g/mol. The minimum absolute atomic E-state index is 0.150. The normalized spacial score (nSPS) is 14.3. The second-order valence-electron chi connectivity index (χ2n) is 4.21. The van der Waals surface area contributed by atoms with Crippen molar-refractivity contribution in [2.24, 2.45) is 0 Å². The first-order chi connectivity index (χ1) is 8.66. The Morgan fingerprint density at radius 2 is 1.94 bits per heavy atom. The van der Waals surface area contributed by atoms with Crippen LogP contribution in [0, 0.1) is 6.92 Å². The van der Waals surface area contributed by atoms with Crippen molar-refractivity contribution in [3.63, 3.8) is 0 Å². The molecule has 0 saturated heterocycles. The van der Waals surface area contributed by atoms with Gasteiger partial charge in [-0.25, -0.2) is 0 Å². The molecule has 1 N–H and O–H groups in total. The lowest BCUT2D eigenvalue weighted by atomic mass is 10.1. The molecule has 1 aliphatic rings. The molecule has 2 heterocycles. The van der Waals surface area contributed by atoms with Crippen LogP contribution in [0.5, 0.6) is 0 Å². The molecule has 5 heteroatoms. The van der Waals surface area contributed by atoms with Crippen LogP contribution in [-0.2, 0) is 4.79 Å². The third-order valence-corrected chi connectivity index (χ3v) is 2.93. The number of hydrogen-bond donors (Lipinski definition) is 1. The first kappa shape index (κ1) is 10.7. The summed E-state index contributed by atoms with van der Waals surface area (Å²) in [5.74, 6) is -0.108. The van der Waals surface area contributed by atoms with Gasteiger partial charge in [0.05, 0.1) is 5.69 Å². The first-order valence-electron chi connectivity index (χ1n) is 5.65. The molecule has 2 aromatic rings. The largest absolute Gasteiger partial charge is 0.310 e. The van der Waals surface area contributed by atoms with Crippen molar-refractivity contribution >= 4 is 17.6 Å². The van der Waals surface area contributed by atoms with Crippen LogP contribution in [0.4, 0.5) is 5.82 Å². The van der Waals surface area contributed by atoms with E-state index >= 15 is 0 Å². The highest BCUT2D eigenvalue weighted by molar-refractivity contribution is 6.11. The number of hydrogen-bond acceptors (Lipinski definition) is 3. The number of nitrogens with one attached hydrogen (secondary N) is 1. The fraction of sp³-hybridized carbons (Fsp3) is 0.154. The van der Waals surface area contributed by atoms with E-state index in [4.69, 9.17) is 0 Å². The van der Waals surface area contributed by atoms with E-state index in [-0.39, 0.29) is 18.2 Å². The molecule has 18 heavy (non-hydrogen) atoms. The summed E-state index contributed by atoms with van der Waals surface area (Å²) in [6.07, 6.45) is -0.150. The van der Waals surface area contributed by atoms with Crippen molar-refractivity contribution in [2.45, 2.75) is 13.3 Å². The number of nitrogens with zero attached hydrogens (tertiary/aromatic N) is 2. The van der Waals surface area contributed by atoms with Gasteiger partial charge in [0.2, 0.25) is 5.91 Å². The van der Waals surface area contributed by atoms with Crippen LogP contribution in [-0.4, -0.2) is 21.6 Å². The van der Waals surface area contributed by atoms with Gasteiger partial charge in [-0.15, -0.1) is 0 Å². The Kier molecular flexibility index (Phi) is 2.26. The third kappa shape index (κ3) is 1.52. The van der Waals surface area contributed by atoms with Crippen LogP contribution in [0.25, 0.3) is 11.1 Å². The van der Waals surface area contributed by atoms with E-state index in [0.29, 0.717) is 5.82 Å². The number of aromatic nitrogens is 2. The summed E-state index contributed by atoms with van der Waals surface area (Å²) in [6.45, 7) is 1.83. The van der Waals surface area contributed by atoms with Gasteiger partial charge in [0.1, 0.15) is 12.2 Å². The first-order valence-corrected chi connectivity index (χ1v) is 5.65. The van der Waals surface area contributed by atoms with E-state index in [1.165, 1.54) is 4.68 Å². The average Bonchev–Trinajstić information content (AvgIpc) is 2.67. The van der Waals surface area contributed by atoms with E-state index in [0.717, 1.165) is 16.8 Å². The van der Waals surface area contributed by atoms with Crippen LogP contribution in [0.3, 0.4) is 0 Å². The van der Waals surface area contributed by atoms with Crippen LogP contribution in [0.1, 0.15) is 16.9 Å². The Labute approximate surface area is 103 Å². The molecule has 1 amide bonds. The number of amides is 1. The summed E-state index contributed by atoms with van der Waals surface area (Å²) in [6, 6.07) is 9.58. The maximum Gasteiger partial charge on any atom is 0.258 e. The van der Waals surface area contributed by atoms with E-state index in [1.54, 1.807) is 0 Å². The molecule has 0 unspecified atom stereocenters. The Balaban J connectivity index is 2.23. The SMILES string of the molecule is Cc1nn2c(c1-c1ccccc1)NC(=O)CC2=O. The van der Waals surface area contributed by atoms with Crippen molar-refractivity contribution in [2.75, 3.05) is 5.32 Å². The molecule has 0 atom stereocenters. The number of rotatable bonds is 1. The van der Waals surface area contributed by atoms with Gasteiger partial charge in [-0.3, -0.25) is 9.59 Å². The maximum absolute atomic E-state index is 11.7. The van der Waals surface area contributed by atoms with Crippen molar-refractivity contribution in [1.82, 2.24) is 9.78 Å². The Bertz CT molecular complexity index is 644. The number of carbonyl (C=O) groups is 2. The van der Waals surface area contributed by atoms with Crippen molar-refractivity contribution in [3.8, 4) is 11.1 Å².